The number of nitrogens with one attached hydrogen (secondary N) is 1. The largest absolute Gasteiger partial charge is 0.459 e. The number of aromatic nitrogens is 2. The highest BCUT2D eigenvalue weighted by molar-refractivity contribution is 7.98. The molecule has 144 valence electrons. The number of thioether (sulfide) groups is 1. The second-order valence-corrected chi connectivity index (χ2v) is 6.73. The summed E-state index contributed by atoms with van der Waals surface area (Å²) in [7, 11) is 0. The Labute approximate surface area is 156 Å². The predicted octanol–water partition coefficient (Wildman–Crippen LogP) is 2.93. The molecule has 0 radical (unpaired) electrons. The van der Waals surface area contributed by atoms with Crippen LogP contribution in [-0.4, -0.2) is 27.7 Å². The molecule has 0 unspecified atom stereocenters. The first-order valence-corrected chi connectivity index (χ1v) is 9.02. The van der Waals surface area contributed by atoms with Crippen LogP contribution in [0.25, 0.3) is 0 Å². The minimum Gasteiger partial charge on any atom is -0.459 e. The highest BCUT2D eigenvalue weighted by Crippen LogP contribution is 2.43. The van der Waals surface area contributed by atoms with Crippen molar-refractivity contribution < 1.29 is 22.7 Å². The van der Waals surface area contributed by atoms with Crippen molar-refractivity contribution in [2.45, 2.75) is 29.6 Å². The lowest BCUT2D eigenvalue weighted by atomic mass is 10.2. The fourth-order valence-corrected chi connectivity index (χ4v) is 2.86. The van der Waals surface area contributed by atoms with E-state index in [9.17, 15) is 18.0 Å². The lowest BCUT2D eigenvalue weighted by molar-refractivity contribution is -0.137. The van der Waals surface area contributed by atoms with Crippen molar-refractivity contribution >= 4 is 35.0 Å². The fraction of sp³-hybridized carbons (Fsp3) is 0.312. The van der Waals surface area contributed by atoms with Gasteiger partial charge in [-0.15, -0.1) is 11.8 Å². The summed E-state index contributed by atoms with van der Waals surface area (Å²) >= 11 is 1.24. The molecule has 1 fully saturated rings. The smallest absolute Gasteiger partial charge is 0.416 e. The van der Waals surface area contributed by atoms with Gasteiger partial charge in [-0.25, -0.2) is 4.98 Å². The number of nitrogens with zero attached hydrogens (tertiary/aromatic N) is 2. The molecule has 1 heterocycles. The van der Waals surface area contributed by atoms with Crippen LogP contribution in [0.15, 0.2) is 29.3 Å². The van der Waals surface area contributed by atoms with Gasteiger partial charge < -0.3 is 21.5 Å². The van der Waals surface area contributed by atoms with E-state index in [0.29, 0.717) is 17.9 Å². The Morgan fingerprint density at radius 3 is 2.59 bits per heavy atom. The van der Waals surface area contributed by atoms with Crippen LogP contribution >= 0.6 is 11.8 Å². The first-order chi connectivity index (χ1) is 12.6. The van der Waals surface area contributed by atoms with Crippen LogP contribution in [0.4, 0.5) is 30.5 Å². The number of alkyl halides is 3. The standard InChI is InChI=1S/C16H16F3N5O2S/c1-27-12-10(20)11(23-14(21)24-12)26-15(5-6-15)13(25)22-9-4-2-3-8(7-9)16(17,18)19/h2-4,7H,5-6,20H2,1H3,(H,22,25)(H2,21,23,24). The molecular weight excluding hydrogens is 383 g/mol. The zero-order valence-corrected chi connectivity index (χ0v) is 14.9. The summed E-state index contributed by atoms with van der Waals surface area (Å²) in [5.41, 5.74) is 9.61. The number of hydrogen-bond donors (Lipinski definition) is 3. The molecule has 0 atom stereocenters. The Hall–Kier alpha value is -2.69. The van der Waals surface area contributed by atoms with Crippen molar-refractivity contribution in [3.8, 4) is 5.88 Å². The van der Waals surface area contributed by atoms with Gasteiger partial charge in [0.15, 0.2) is 5.60 Å². The second-order valence-electron chi connectivity index (χ2n) is 5.94. The van der Waals surface area contributed by atoms with E-state index in [1.54, 1.807) is 6.26 Å². The summed E-state index contributed by atoms with van der Waals surface area (Å²) in [6, 6.07) is 4.36. The van der Waals surface area contributed by atoms with Gasteiger partial charge in [-0.05, 0) is 24.5 Å². The van der Waals surface area contributed by atoms with Crippen LogP contribution in [0.5, 0.6) is 5.88 Å². The van der Waals surface area contributed by atoms with Crippen LogP contribution in [0.2, 0.25) is 0 Å². The summed E-state index contributed by atoms with van der Waals surface area (Å²) in [6.45, 7) is 0. The van der Waals surface area contributed by atoms with E-state index in [1.165, 1.54) is 23.9 Å². The molecule has 0 bridgehead atoms. The molecule has 0 aliphatic heterocycles. The number of rotatable bonds is 5. The summed E-state index contributed by atoms with van der Waals surface area (Å²) in [5.74, 6) is -0.662. The molecule has 11 heteroatoms. The second kappa shape index (κ2) is 6.80. The van der Waals surface area contributed by atoms with E-state index in [0.717, 1.165) is 12.1 Å². The molecule has 27 heavy (non-hydrogen) atoms. The third-order valence-electron chi connectivity index (χ3n) is 3.94. The summed E-state index contributed by atoms with van der Waals surface area (Å²) < 4.78 is 44.1. The van der Waals surface area contributed by atoms with Gasteiger partial charge in [-0.2, -0.15) is 18.2 Å². The molecule has 2 aromatic rings. The van der Waals surface area contributed by atoms with Crippen molar-refractivity contribution in [2.75, 3.05) is 23.0 Å². The van der Waals surface area contributed by atoms with Crippen LogP contribution in [-0.2, 0) is 11.0 Å². The summed E-state index contributed by atoms with van der Waals surface area (Å²) in [6.07, 6.45) is -2.02. The third kappa shape index (κ3) is 4.02. The highest BCUT2D eigenvalue weighted by Gasteiger charge is 2.54. The summed E-state index contributed by atoms with van der Waals surface area (Å²) in [4.78, 5) is 20.5. The van der Waals surface area contributed by atoms with Crippen molar-refractivity contribution in [3.05, 3.63) is 29.8 Å². The number of nitrogens with two attached hydrogens (primary N) is 2. The number of hydrogen-bond acceptors (Lipinski definition) is 7. The average Bonchev–Trinajstić information content (AvgIpc) is 3.38. The fourth-order valence-electron chi connectivity index (χ4n) is 2.37. The minimum absolute atomic E-state index is 0.0182. The molecule has 1 aromatic heterocycles. The van der Waals surface area contributed by atoms with E-state index < -0.39 is 23.2 Å². The lowest BCUT2D eigenvalue weighted by Gasteiger charge is -2.19. The Bertz CT molecular complexity index is 887. The Morgan fingerprint density at radius 2 is 2.00 bits per heavy atom. The number of anilines is 3. The van der Waals surface area contributed by atoms with Crippen molar-refractivity contribution in [1.82, 2.24) is 9.97 Å². The highest BCUT2D eigenvalue weighted by atomic mass is 32.2. The quantitative estimate of drug-likeness (QED) is 0.523. The third-order valence-corrected chi connectivity index (χ3v) is 4.64. The van der Waals surface area contributed by atoms with Gasteiger partial charge in [0.1, 0.15) is 10.7 Å². The first kappa shape index (κ1) is 19.1. The predicted molar refractivity (Wildman–Crippen MR) is 95.3 cm³/mol. The Morgan fingerprint density at radius 1 is 1.30 bits per heavy atom. The Balaban J connectivity index is 1.79. The maximum Gasteiger partial charge on any atom is 0.416 e. The van der Waals surface area contributed by atoms with Gasteiger partial charge in [0.25, 0.3) is 5.91 Å². The monoisotopic (exact) mass is 399 g/mol. The summed E-state index contributed by atoms with van der Waals surface area (Å²) in [5, 5.41) is 2.86. The van der Waals surface area contributed by atoms with E-state index in [-0.39, 0.29) is 23.2 Å². The van der Waals surface area contributed by atoms with E-state index in [4.69, 9.17) is 16.2 Å². The zero-order chi connectivity index (χ0) is 19.8. The molecule has 1 aliphatic rings. The number of amides is 1. The molecule has 1 aliphatic carbocycles. The van der Waals surface area contributed by atoms with Crippen LogP contribution in [0.1, 0.15) is 18.4 Å². The first-order valence-electron chi connectivity index (χ1n) is 7.79. The van der Waals surface area contributed by atoms with Crippen molar-refractivity contribution in [1.29, 1.82) is 0 Å². The molecule has 3 rings (SSSR count). The van der Waals surface area contributed by atoms with E-state index in [1.807, 2.05) is 0 Å². The van der Waals surface area contributed by atoms with Crippen LogP contribution in [0, 0.1) is 0 Å². The van der Waals surface area contributed by atoms with Crippen molar-refractivity contribution in [2.24, 2.45) is 0 Å². The maximum atomic E-state index is 12.8. The maximum absolute atomic E-state index is 12.8. The molecule has 0 saturated heterocycles. The normalized spacial score (nSPS) is 15.3. The molecule has 1 amide bonds. The molecule has 5 N–H and O–H groups in total. The molecular formula is C16H16F3N5O2S. The van der Waals surface area contributed by atoms with Crippen molar-refractivity contribution in [3.63, 3.8) is 0 Å². The van der Waals surface area contributed by atoms with E-state index >= 15 is 0 Å². The SMILES string of the molecule is CSc1nc(N)nc(OC2(C(=O)Nc3cccc(C(F)(F)F)c3)CC2)c1N. The number of carbonyl (C=O) groups is 1. The van der Waals surface area contributed by atoms with Crippen LogP contribution in [0.3, 0.4) is 0 Å². The minimum atomic E-state index is -4.50. The number of nitrogen functional groups attached to an aromatic ring is 2. The van der Waals surface area contributed by atoms with E-state index in [2.05, 4.69) is 15.3 Å². The van der Waals surface area contributed by atoms with Crippen LogP contribution < -0.4 is 21.5 Å². The van der Waals surface area contributed by atoms with Gasteiger partial charge in [0, 0.05) is 18.5 Å². The molecule has 1 aromatic carbocycles. The van der Waals surface area contributed by atoms with Gasteiger partial charge in [0.2, 0.25) is 11.8 Å². The number of carbonyl (C=O) groups excluding carboxylic acids is 1. The van der Waals surface area contributed by atoms with Gasteiger partial charge in [-0.3, -0.25) is 4.79 Å². The number of halogens is 3. The molecule has 1 saturated carbocycles. The number of benzene rings is 1. The Kier molecular flexibility index (Phi) is 4.81. The van der Waals surface area contributed by atoms with Gasteiger partial charge in [0.05, 0.1) is 5.56 Å². The number of ether oxygens (including phenoxy) is 1. The topological polar surface area (TPSA) is 116 Å². The van der Waals surface area contributed by atoms with Gasteiger partial charge >= 0.3 is 6.18 Å². The lowest BCUT2D eigenvalue weighted by Crippen LogP contribution is -2.35. The molecule has 0 spiro atoms. The van der Waals surface area contributed by atoms with Gasteiger partial charge in [-0.1, -0.05) is 6.07 Å². The zero-order valence-electron chi connectivity index (χ0n) is 14.1. The molecule has 7 nitrogen and oxygen atoms in total. The average molecular weight is 399 g/mol.